The van der Waals surface area contributed by atoms with Crippen LogP contribution in [-0.4, -0.2) is 11.1 Å². The molecule has 1 heterocycles. The van der Waals surface area contributed by atoms with E-state index in [1.165, 1.54) is 11.3 Å². The molecule has 2 nitrogen and oxygen atoms in total. The molecule has 0 unspecified atom stereocenters. The molecule has 1 N–H and O–H groups in total. The summed E-state index contributed by atoms with van der Waals surface area (Å²) in [7, 11) is 0. The largest absolute Gasteiger partial charge is 0.478 e. The molecule has 0 spiro atoms. The first-order valence-electron chi connectivity index (χ1n) is 5.56. The van der Waals surface area contributed by atoms with Crippen molar-refractivity contribution in [1.82, 2.24) is 0 Å². The van der Waals surface area contributed by atoms with Crippen LogP contribution in [0, 0.1) is 0 Å². The standard InChI is InChI=1S/C15H10O2S/c16-15(17)12-8-4-7-11-13(9-18-14(11)12)10-5-2-1-3-6-10/h1-9H,(H,16,17). The number of hydrogen-bond donors (Lipinski definition) is 1. The van der Waals surface area contributed by atoms with Gasteiger partial charge in [-0.25, -0.2) is 4.79 Å². The van der Waals surface area contributed by atoms with Gasteiger partial charge in [-0.05, 0) is 17.0 Å². The van der Waals surface area contributed by atoms with Crippen LogP contribution in [0.5, 0.6) is 0 Å². The van der Waals surface area contributed by atoms with E-state index in [4.69, 9.17) is 5.11 Å². The average Bonchev–Trinajstić information content (AvgIpc) is 2.83. The molecule has 2 aromatic carbocycles. The number of hydrogen-bond acceptors (Lipinski definition) is 2. The number of benzene rings is 2. The summed E-state index contributed by atoms with van der Waals surface area (Å²) in [6, 6.07) is 15.4. The number of fused-ring (bicyclic) bond motifs is 1. The van der Waals surface area contributed by atoms with Crippen molar-refractivity contribution in [3.63, 3.8) is 0 Å². The van der Waals surface area contributed by atoms with Gasteiger partial charge in [-0.3, -0.25) is 0 Å². The molecule has 88 valence electrons. The summed E-state index contributed by atoms with van der Waals surface area (Å²) < 4.78 is 0.837. The van der Waals surface area contributed by atoms with Crippen LogP contribution in [-0.2, 0) is 0 Å². The van der Waals surface area contributed by atoms with Crippen molar-refractivity contribution >= 4 is 27.4 Å². The summed E-state index contributed by atoms with van der Waals surface area (Å²) in [5, 5.41) is 12.2. The first-order valence-corrected chi connectivity index (χ1v) is 6.44. The summed E-state index contributed by atoms with van der Waals surface area (Å²) in [5.74, 6) is -0.873. The van der Waals surface area contributed by atoms with Crippen LogP contribution >= 0.6 is 11.3 Å². The Kier molecular flexibility index (Phi) is 2.61. The van der Waals surface area contributed by atoms with Crippen LogP contribution in [0.4, 0.5) is 0 Å². The number of carboxylic acid groups (broad SMARTS) is 1. The fourth-order valence-corrected chi connectivity index (χ4v) is 3.15. The second-order valence-electron chi connectivity index (χ2n) is 4.00. The zero-order chi connectivity index (χ0) is 12.5. The van der Waals surface area contributed by atoms with Crippen molar-refractivity contribution in [1.29, 1.82) is 0 Å². The minimum absolute atomic E-state index is 0.375. The molecule has 3 rings (SSSR count). The van der Waals surface area contributed by atoms with Crippen molar-refractivity contribution in [2.75, 3.05) is 0 Å². The maximum atomic E-state index is 11.2. The Morgan fingerprint density at radius 2 is 1.78 bits per heavy atom. The summed E-state index contributed by atoms with van der Waals surface area (Å²) >= 11 is 1.48. The van der Waals surface area contributed by atoms with E-state index in [0.29, 0.717) is 5.56 Å². The van der Waals surface area contributed by atoms with Gasteiger partial charge in [0.05, 0.1) is 5.56 Å². The molecule has 0 saturated carbocycles. The number of carbonyl (C=O) groups is 1. The molecule has 0 fully saturated rings. The molecule has 0 amide bonds. The lowest BCUT2D eigenvalue weighted by Crippen LogP contribution is -1.95. The van der Waals surface area contributed by atoms with Crippen molar-refractivity contribution in [2.24, 2.45) is 0 Å². The molecule has 0 aliphatic rings. The van der Waals surface area contributed by atoms with E-state index in [2.05, 4.69) is 0 Å². The molecule has 0 atom stereocenters. The number of thiophene rings is 1. The van der Waals surface area contributed by atoms with E-state index >= 15 is 0 Å². The predicted octanol–water partition coefficient (Wildman–Crippen LogP) is 4.27. The van der Waals surface area contributed by atoms with E-state index < -0.39 is 5.97 Å². The van der Waals surface area contributed by atoms with Crippen molar-refractivity contribution in [3.05, 3.63) is 59.5 Å². The highest BCUT2D eigenvalue weighted by Gasteiger charge is 2.12. The Bertz CT molecular complexity index is 714. The minimum atomic E-state index is -0.873. The van der Waals surface area contributed by atoms with Gasteiger partial charge in [-0.15, -0.1) is 11.3 Å². The van der Waals surface area contributed by atoms with Gasteiger partial charge in [-0.1, -0.05) is 42.5 Å². The normalized spacial score (nSPS) is 10.7. The molecule has 3 aromatic rings. The lowest BCUT2D eigenvalue weighted by Gasteiger charge is -2.00. The molecule has 3 heteroatoms. The monoisotopic (exact) mass is 254 g/mol. The highest BCUT2D eigenvalue weighted by molar-refractivity contribution is 7.18. The Balaban J connectivity index is 2.28. The van der Waals surface area contributed by atoms with Crippen molar-refractivity contribution < 1.29 is 9.90 Å². The van der Waals surface area contributed by atoms with Crippen LogP contribution in [0.15, 0.2) is 53.9 Å². The first kappa shape index (κ1) is 11.0. The lowest BCUT2D eigenvalue weighted by atomic mass is 10.0. The third-order valence-electron chi connectivity index (χ3n) is 2.92. The predicted molar refractivity (Wildman–Crippen MR) is 74.2 cm³/mol. The molecule has 0 aliphatic carbocycles. The van der Waals surface area contributed by atoms with Gasteiger partial charge in [0.15, 0.2) is 0 Å². The SMILES string of the molecule is O=C(O)c1cccc2c(-c3ccccc3)csc12. The summed E-state index contributed by atoms with van der Waals surface area (Å²) in [6.07, 6.45) is 0. The zero-order valence-electron chi connectivity index (χ0n) is 9.46. The van der Waals surface area contributed by atoms with Crippen LogP contribution in [0.1, 0.15) is 10.4 Å². The molecular weight excluding hydrogens is 244 g/mol. The fourth-order valence-electron chi connectivity index (χ4n) is 2.07. The highest BCUT2D eigenvalue weighted by atomic mass is 32.1. The lowest BCUT2D eigenvalue weighted by molar-refractivity contribution is 0.0699. The molecule has 0 radical (unpaired) electrons. The van der Waals surface area contributed by atoms with Crippen molar-refractivity contribution in [2.45, 2.75) is 0 Å². The molecule has 0 bridgehead atoms. The van der Waals surface area contributed by atoms with Gasteiger partial charge in [0.25, 0.3) is 0 Å². The van der Waals surface area contributed by atoms with Gasteiger partial charge in [0.2, 0.25) is 0 Å². The average molecular weight is 254 g/mol. The van der Waals surface area contributed by atoms with Crippen LogP contribution in [0.25, 0.3) is 21.2 Å². The van der Waals surface area contributed by atoms with E-state index in [0.717, 1.165) is 21.2 Å². The topological polar surface area (TPSA) is 37.3 Å². The third kappa shape index (κ3) is 1.69. The summed E-state index contributed by atoms with van der Waals surface area (Å²) in [5.41, 5.74) is 2.59. The maximum Gasteiger partial charge on any atom is 0.337 e. The molecule has 0 saturated heterocycles. The smallest absolute Gasteiger partial charge is 0.337 e. The number of aromatic carboxylic acids is 1. The van der Waals surface area contributed by atoms with Crippen molar-refractivity contribution in [3.8, 4) is 11.1 Å². The van der Waals surface area contributed by atoms with E-state index in [-0.39, 0.29) is 0 Å². The Morgan fingerprint density at radius 1 is 1.00 bits per heavy atom. The fraction of sp³-hybridized carbons (Fsp3) is 0. The summed E-state index contributed by atoms with van der Waals surface area (Å²) in [6.45, 7) is 0. The van der Waals surface area contributed by atoms with E-state index in [1.807, 2.05) is 41.8 Å². The van der Waals surface area contributed by atoms with Gasteiger partial charge >= 0.3 is 5.97 Å². The Morgan fingerprint density at radius 3 is 2.50 bits per heavy atom. The Hall–Kier alpha value is -2.13. The first-order chi connectivity index (χ1) is 8.77. The van der Waals surface area contributed by atoms with Gasteiger partial charge in [0, 0.05) is 15.6 Å². The number of rotatable bonds is 2. The maximum absolute atomic E-state index is 11.2. The summed E-state index contributed by atoms with van der Waals surface area (Å²) in [4.78, 5) is 11.2. The van der Waals surface area contributed by atoms with Crippen LogP contribution in [0.3, 0.4) is 0 Å². The third-order valence-corrected chi connectivity index (χ3v) is 3.94. The highest BCUT2D eigenvalue weighted by Crippen LogP contribution is 2.35. The van der Waals surface area contributed by atoms with Gasteiger partial charge < -0.3 is 5.11 Å². The molecule has 1 aromatic heterocycles. The quantitative estimate of drug-likeness (QED) is 0.741. The van der Waals surface area contributed by atoms with E-state index in [9.17, 15) is 4.79 Å². The minimum Gasteiger partial charge on any atom is -0.478 e. The zero-order valence-corrected chi connectivity index (χ0v) is 10.3. The second kappa shape index (κ2) is 4.27. The van der Waals surface area contributed by atoms with E-state index in [1.54, 1.807) is 12.1 Å². The van der Waals surface area contributed by atoms with Gasteiger partial charge in [0.1, 0.15) is 0 Å². The van der Waals surface area contributed by atoms with Crippen LogP contribution in [0.2, 0.25) is 0 Å². The van der Waals surface area contributed by atoms with Gasteiger partial charge in [-0.2, -0.15) is 0 Å². The molecular formula is C15H10O2S. The Labute approximate surface area is 108 Å². The molecule has 0 aliphatic heterocycles. The van der Waals surface area contributed by atoms with Crippen LogP contribution < -0.4 is 0 Å². The number of carboxylic acids is 1. The second-order valence-corrected chi connectivity index (χ2v) is 4.88. The molecule has 18 heavy (non-hydrogen) atoms.